The van der Waals surface area contributed by atoms with Gasteiger partial charge >= 0.3 is 0 Å². The van der Waals surface area contributed by atoms with Crippen molar-refractivity contribution >= 4 is 5.69 Å². The van der Waals surface area contributed by atoms with Crippen molar-refractivity contribution in [3.05, 3.63) is 29.3 Å². The topological polar surface area (TPSA) is 29.3 Å². The zero-order chi connectivity index (χ0) is 14.0. The molecule has 1 aromatic carbocycles. The van der Waals surface area contributed by atoms with Gasteiger partial charge in [0.05, 0.1) is 0 Å². The van der Waals surface area contributed by atoms with Gasteiger partial charge in [-0.15, -0.1) is 0 Å². The number of nitrogens with zero attached hydrogens (tertiary/aromatic N) is 1. The maximum atomic E-state index is 6.23. The molecule has 1 saturated heterocycles. The van der Waals surface area contributed by atoms with E-state index in [1.165, 1.54) is 69.3 Å². The normalized spacial score (nSPS) is 22.2. The van der Waals surface area contributed by atoms with Crippen LogP contribution < -0.4 is 10.6 Å². The minimum Gasteiger partial charge on any atom is -0.371 e. The predicted octanol–water partition coefficient (Wildman–Crippen LogP) is 3.76. The molecule has 0 aromatic heterocycles. The van der Waals surface area contributed by atoms with Crippen LogP contribution >= 0.6 is 0 Å². The van der Waals surface area contributed by atoms with Crippen LogP contribution in [0.15, 0.2) is 18.2 Å². The maximum Gasteiger partial charge on any atom is 0.0405 e. The number of nitrogens with two attached hydrogens (primary N) is 1. The summed E-state index contributed by atoms with van der Waals surface area (Å²) in [5.74, 6) is 0. The summed E-state index contributed by atoms with van der Waals surface area (Å²) in [6, 6.07) is 7.04. The monoisotopic (exact) mass is 272 g/mol. The average molecular weight is 272 g/mol. The molecule has 20 heavy (non-hydrogen) atoms. The number of aryl methyl sites for hydroxylation is 1. The van der Waals surface area contributed by atoms with E-state index in [9.17, 15) is 0 Å². The molecule has 0 radical (unpaired) electrons. The highest BCUT2D eigenvalue weighted by atomic mass is 15.1. The zero-order valence-corrected chi connectivity index (χ0v) is 12.8. The van der Waals surface area contributed by atoms with Crippen LogP contribution in [0.2, 0.25) is 0 Å². The lowest BCUT2D eigenvalue weighted by molar-refractivity contribution is 0.450. The molecule has 1 aliphatic carbocycles. The first kappa shape index (κ1) is 13.9. The van der Waals surface area contributed by atoms with E-state index in [4.69, 9.17) is 5.73 Å². The van der Waals surface area contributed by atoms with Crippen LogP contribution in [-0.4, -0.2) is 19.6 Å². The van der Waals surface area contributed by atoms with Gasteiger partial charge in [0.15, 0.2) is 0 Å². The van der Waals surface area contributed by atoms with Gasteiger partial charge in [-0.25, -0.2) is 0 Å². The lowest BCUT2D eigenvalue weighted by Gasteiger charge is -2.37. The summed E-state index contributed by atoms with van der Waals surface area (Å²) in [5.41, 5.74) is 10.9. The van der Waals surface area contributed by atoms with Crippen molar-refractivity contribution in [2.24, 2.45) is 5.73 Å². The third-order valence-electron chi connectivity index (χ3n) is 5.37. The van der Waals surface area contributed by atoms with Gasteiger partial charge in [-0.2, -0.15) is 0 Å². The molecule has 2 fully saturated rings. The highest BCUT2D eigenvalue weighted by molar-refractivity contribution is 5.59. The van der Waals surface area contributed by atoms with E-state index >= 15 is 0 Å². The summed E-state index contributed by atoms with van der Waals surface area (Å²) in [5, 5.41) is 0. The highest BCUT2D eigenvalue weighted by Crippen LogP contribution is 2.44. The van der Waals surface area contributed by atoms with Crippen molar-refractivity contribution in [2.75, 3.05) is 24.5 Å². The molecule has 0 unspecified atom stereocenters. The molecule has 2 N–H and O–H groups in total. The molecule has 0 bridgehead atoms. The van der Waals surface area contributed by atoms with Crippen LogP contribution in [0.25, 0.3) is 0 Å². The molecule has 1 aromatic rings. The molecular weight excluding hydrogens is 244 g/mol. The molecule has 0 atom stereocenters. The smallest absolute Gasteiger partial charge is 0.0405 e. The Morgan fingerprint density at radius 1 is 1.05 bits per heavy atom. The van der Waals surface area contributed by atoms with Crippen molar-refractivity contribution in [2.45, 2.75) is 57.3 Å². The Labute approximate surface area is 123 Å². The van der Waals surface area contributed by atoms with Crippen molar-refractivity contribution in [1.82, 2.24) is 0 Å². The molecule has 110 valence electrons. The first-order chi connectivity index (χ1) is 9.75. The second kappa shape index (κ2) is 5.77. The molecule has 2 aliphatic rings. The van der Waals surface area contributed by atoms with Gasteiger partial charge in [-0.3, -0.25) is 0 Å². The third-order valence-corrected chi connectivity index (χ3v) is 5.37. The van der Waals surface area contributed by atoms with E-state index in [1.54, 1.807) is 5.56 Å². The number of hydrogen-bond donors (Lipinski definition) is 1. The average Bonchev–Trinajstić information content (AvgIpc) is 2.98. The molecule has 3 rings (SSSR count). The van der Waals surface area contributed by atoms with E-state index < -0.39 is 0 Å². The van der Waals surface area contributed by atoms with Crippen LogP contribution in [0.1, 0.15) is 56.1 Å². The summed E-state index contributed by atoms with van der Waals surface area (Å²) in [6.45, 7) is 5.45. The number of rotatable bonds is 3. The largest absolute Gasteiger partial charge is 0.371 e. The summed E-state index contributed by atoms with van der Waals surface area (Å²) >= 11 is 0. The first-order valence-electron chi connectivity index (χ1n) is 8.31. The number of benzene rings is 1. The summed E-state index contributed by atoms with van der Waals surface area (Å²) in [4.78, 5) is 2.61. The Hall–Kier alpha value is -1.02. The number of piperidine rings is 1. The fourth-order valence-electron chi connectivity index (χ4n) is 4.12. The molecule has 2 heteroatoms. The van der Waals surface area contributed by atoms with Crippen LogP contribution in [0.4, 0.5) is 5.69 Å². The Morgan fingerprint density at radius 2 is 1.75 bits per heavy atom. The molecule has 0 spiro atoms. The van der Waals surface area contributed by atoms with Gasteiger partial charge in [0, 0.05) is 30.7 Å². The van der Waals surface area contributed by atoms with Gasteiger partial charge in [0.1, 0.15) is 0 Å². The molecule has 1 aliphatic heterocycles. The first-order valence-corrected chi connectivity index (χ1v) is 8.31. The van der Waals surface area contributed by atoms with Gasteiger partial charge in [0.2, 0.25) is 0 Å². The molecule has 1 saturated carbocycles. The SMILES string of the molecule is Cc1ccc(N2CCCCC2)c(C2(CN)CCCC2)c1. The molecule has 2 nitrogen and oxygen atoms in total. The second-order valence-corrected chi connectivity index (χ2v) is 6.76. The van der Waals surface area contributed by atoms with Gasteiger partial charge in [0.25, 0.3) is 0 Å². The lowest BCUT2D eigenvalue weighted by Crippen LogP contribution is -2.37. The molecule has 1 heterocycles. The molecular formula is C18H28N2. The summed E-state index contributed by atoms with van der Waals surface area (Å²) < 4.78 is 0. The lowest BCUT2D eigenvalue weighted by atomic mass is 9.77. The van der Waals surface area contributed by atoms with Gasteiger partial charge in [-0.05, 0) is 50.7 Å². The van der Waals surface area contributed by atoms with Crippen LogP contribution in [0.5, 0.6) is 0 Å². The van der Waals surface area contributed by atoms with Gasteiger partial charge < -0.3 is 10.6 Å². The second-order valence-electron chi connectivity index (χ2n) is 6.76. The summed E-state index contributed by atoms with van der Waals surface area (Å²) in [6.07, 6.45) is 9.28. The Balaban J connectivity index is 2.01. The molecule has 0 amide bonds. The van der Waals surface area contributed by atoms with Crippen LogP contribution in [0.3, 0.4) is 0 Å². The van der Waals surface area contributed by atoms with E-state index in [0.717, 1.165) is 6.54 Å². The number of hydrogen-bond acceptors (Lipinski definition) is 2. The number of anilines is 1. The minimum atomic E-state index is 0.249. The predicted molar refractivity (Wildman–Crippen MR) is 86.4 cm³/mol. The van der Waals surface area contributed by atoms with Gasteiger partial charge in [-0.1, -0.05) is 30.5 Å². The Bertz CT molecular complexity index is 454. The van der Waals surface area contributed by atoms with Crippen molar-refractivity contribution in [3.63, 3.8) is 0 Å². The van der Waals surface area contributed by atoms with E-state index in [2.05, 4.69) is 30.0 Å². The zero-order valence-electron chi connectivity index (χ0n) is 12.8. The standard InChI is InChI=1S/C18H28N2/c1-15-7-8-17(20-11-5-2-6-12-20)16(13-15)18(14-19)9-3-4-10-18/h7-8,13H,2-6,9-12,14,19H2,1H3. The maximum absolute atomic E-state index is 6.23. The Morgan fingerprint density at radius 3 is 2.40 bits per heavy atom. The highest BCUT2D eigenvalue weighted by Gasteiger charge is 2.37. The summed E-state index contributed by atoms with van der Waals surface area (Å²) in [7, 11) is 0. The fourth-order valence-corrected chi connectivity index (χ4v) is 4.12. The van der Waals surface area contributed by atoms with E-state index in [0.29, 0.717) is 0 Å². The van der Waals surface area contributed by atoms with E-state index in [1.807, 2.05) is 0 Å². The van der Waals surface area contributed by atoms with Crippen LogP contribution in [0, 0.1) is 6.92 Å². The van der Waals surface area contributed by atoms with E-state index in [-0.39, 0.29) is 5.41 Å². The minimum absolute atomic E-state index is 0.249. The third kappa shape index (κ3) is 2.46. The van der Waals surface area contributed by atoms with Crippen molar-refractivity contribution < 1.29 is 0 Å². The van der Waals surface area contributed by atoms with Crippen molar-refractivity contribution in [3.8, 4) is 0 Å². The van der Waals surface area contributed by atoms with Crippen LogP contribution in [-0.2, 0) is 5.41 Å². The van der Waals surface area contributed by atoms with Crippen molar-refractivity contribution in [1.29, 1.82) is 0 Å². The fraction of sp³-hybridized carbons (Fsp3) is 0.667. The quantitative estimate of drug-likeness (QED) is 0.908. The Kier molecular flexibility index (Phi) is 4.02.